The molecular formula is C11H12N2O2S. The zero-order chi connectivity index (χ0) is 11.6. The highest BCUT2D eigenvalue weighted by Crippen LogP contribution is 2.09. The Labute approximate surface area is 94.5 Å². The second kappa shape index (κ2) is 4.09. The van der Waals surface area contributed by atoms with Crippen LogP contribution in [0, 0.1) is 0 Å². The van der Waals surface area contributed by atoms with Gasteiger partial charge in [-0.2, -0.15) is 0 Å². The first-order valence-corrected chi connectivity index (χ1v) is 6.71. The monoisotopic (exact) mass is 236 g/mol. The van der Waals surface area contributed by atoms with E-state index in [0.717, 1.165) is 11.8 Å². The summed E-state index contributed by atoms with van der Waals surface area (Å²) in [5.41, 5.74) is 1.05. The first-order valence-electron chi connectivity index (χ1n) is 4.82. The van der Waals surface area contributed by atoms with Gasteiger partial charge in [-0.3, -0.25) is 0 Å². The zero-order valence-corrected chi connectivity index (χ0v) is 9.68. The van der Waals surface area contributed by atoms with Gasteiger partial charge in [0.05, 0.1) is 0 Å². The molecule has 0 atom stereocenters. The number of aromatic nitrogens is 2. The second-order valence-electron chi connectivity index (χ2n) is 3.60. The number of hydrogen-bond acceptors (Lipinski definition) is 3. The fraction of sp³-hybridized carbons (Fsp3) is 0.182. The molecule has 2 aromatic rings. The Morgan fingerprint density at radius 3 is 2.56 bits per heavy atom. The summed E-state index contributed by atoms with van der Waals surface area (Å²) in [7, 11) is -3.26. The van der Waals surface area contributed by atoms with E-state index in [2.05, 4.69) is 4.98 Å². The molecule has 0 aliphatic carbocycles. The summed E-state index contributed by atoms with van der Waals surface area (Å²) in [6, 6.07) is 9.67. The van der Waals surface area contributed by atoms with Gasteiger partial charge >= 0.3 is 0 Å². The lowest BCUT2D eigenvalue weighted by molar-refractivity contribution is 0.578. The maximum Gasteiger partial charge on any atom is 0.227 e. The van der Waals surface area contributed by atoms with E-state index in [9.17, 15) is 8.42 Å². The van der Waals surface area contributed by atoms with Crippen molar-refractivity contribution >= 4 is 9.84 Å². The molecule has 2 rings (SSSR count). The molecule has 1 aromatic heterocycles. The van der Waals surface area contributed by atoms with Crippen molar-refractivity contribution in [1.29, 1.82) is 0 Å². The Morgan fingerprint density at radius 1 is 1.25 bits per heavy atom. The van der Waals surface area contributed by atoms with E-state index in [4.69, 9.17) is 0 Å². The van der Waals surface area contributed by atoms with E-state index >= 15 is 0 Å². The Bertz CT molecular complexity index is 573. The molecule has 1 heterocycles. The van der Waals surface area contributed by atoms with Crippen LogP contribution >= 0.6 is 0 Å². The third kappa shape index (κ3) is 2.30. The maximum atomic E-state index is 11.4. The third-order valence-electron chi connectivity index (χ3n) is 2.20. The van der Waals surface area contributed by atoms with Crippen molar-refractivity contribution < 1.29 is 8.42 Å². The summed E-state index contributed by atoms with van der Waals surface area (Å²) in [6.07, 6.45) is 4.33. The fourth-order valence-corrected chi connectivity index (χ4v) is 2.33. The number of imidazole rings is 1. The lowest BCUT2D eigenvalue weighted by Gasteiger charge is -2.05. The Kier molecular flexibility index (Phi) is 2.78. The Balaban J connectivity index is 2.34. The van der Waals surface area contributed by atoms with Gasteiger partial charge in [-0.05, 0) is 5.56 Å². The van der Waals surface area contributed by atoms with Crippen molar-refractivity contribution in [3.8, 4) is 0 Å². The van der Waals surface area contributed by atoms with Crippen molar-refractivity contribution in [2.24, 2.45) is 0 Å². The van der Waals surface area contributed by atoms with Crippen LogP contribution in [0.2, 0.25) is 0 Å². The van der Waals surface area contributed by atoms with E-state index in [-0.39, 0.29) is 5.16 Å². The molecule has 4 nitrogen and oxygen atoms in total. The molecule has 1 aromatic carbocycles. The summed E-state index contributed by atoms with van der Waals surface area (Å²) < 4.78 is 24.5. The van der Waals surface area contributed by atoms with E-state index in [1.165, 1.54) is 6.20 Å². The van der Waals surface area contributed by atoms with Crippen molar-refractivity contribution in [3.63, 3.8) is 0 Å². The van der Waals surface area contributed by atoms with Gasteiger partial charge in [0.1, 0.15) is 0 Å². The lowest BCUT2D eigenvalue weighted by atomic mass is 10.2. The minimum absolute atomic E-state index is 0.108. The summed E-state index contributed by atoms with van der Waals surface area (Å²) in [6.45, 7) is 0.517. The van der Waals surface area contributed by atoms with Crippen LogP contribution in [0.5, 0.6) is 0 Å². The molecule has 0 spiro atoms. The van der Waals surface area contributed by atoms with Crippen LogP contribution in [-0.2, 0) is 16.4 Å². The van der Waals surface area contributed by atoms with Gasteiger partial charge in [0.15, 0.2) is 0 Å². The van der Waals surface area contributed by atoms with Crippen LogP contribution < -0.4 is 0 Å². The minimum Gasteiger partial charge on any atom is -0.318 e. The van der Waals surface area contributed by atoms with Crippen LogP contribution in [0.25, 0.3) is 0 Å². The first-order chi connectivity index (χ1) is 7.57. The Morgan fingerprint density at radius 2 is 1.94 bits per heavy atom. The van der Waals surface area contributed by atoms with Crippen LogP contribution in [-0.4, -0.2) is 24.2 Å². The third-order valence-corrected chi connectivity index (χ3v) is 3.21. The molecule has 0 saturated heterocycles. The normalized spacial score (nSPS) is 11.6. The summed E-state index contributed by atoms with van der Waals surface area (Å²) in [5.74, 6) is 0. The molecule has 0 aliphatic rings. The smallest absolute Gasteiger partial charge is 0.227 e. The fourth-order valence-electron chi connectivity index (χ4n) is 1.52. The molecule has 0 unspecified atom stereocenters. The van der Waals surface area contributed by atoms with Crippen molar-refractivity contribution in [2.45, 2.75) is 11.7 Å². The van der Waals surface area contributed by atoms with Crippen molar-refractivity contribution in [2.75, 3.05) is 6.26 Å². The molecule has 0 aliphatic heterocycles. The number of rotatable bonds is 3. The lowest BCUT2D eigenvalue weighted by Crippen LogP contribution is -2.09. The van der Waals surface area contributed by atoms with E-state index in [1.54, 1.807) is 10.8 Å². The standard InChI is InChI=1S/C11H12N2O2S/c1-16(14,15)11-12-7-8-13(11)9-10-5-3-2-4-6-10/h2-8H,9H2,1H3. The van der Waals surface area contributed by atoms with Crippen LogP contribution in [0.1, 0.15) is 5.56 Å². The van der Waals surface area contributed by atoms with Gasteiger partial charge in [0.25, 0.3) is 0 Å². The molecule has 0 fully saturated rings. The minimum atomic E-state index is -3.26. The maximum absolute atomic E-state index is 11.4. The van der Waals surface area contributed by atoms with Gasteiger partial charge in [-0.25, -0.2) is 13.4 Å². The van der Waals surface area contributed by atoms with Gasteiger partial charge in [0.2, 0.25) is 15.0 Å². The van der Waals surface area contributed by atoms with Crippen LogP contribution in [0.4, 0.5) is 0 Å². The number of sulfone groups is 1. The van der Waals surface area contributed by atoms with Crippen LogP contribution in [0.15, 0.2) is 47.9 Å². The summed E-state index contributed by atoms with van der Waals surface area (Å²) >= 11 is 0. The highest BCUT2D eigenvalue weighted by molar-refractivity contribution is 7.90. The second-order valence-corrected chi connectivity index (χ2v) is 5.50. The number of hydrogen-bond donors (Lipinski definition) is 0. The van der Waals surface area contributed by atoms with Gasteiger partial charge in [-0.1, -0.05) is 30.3 Å². The Hall–Kier alpha value is -1.62. The van der Waals surface area contributed by atoms with E-state index < -0.39 is 9.84 Å². The van der Waals surface area contributed by atoms with E-state index in [1.807, 2.05) is 30.3 Å². The molecule has 0 amide bonds. The molecule has 84 valence electrons. The predicted octanol–water partition coefficient (Wildman–Crippen LogP) is 1.33. The first kappa shape index (κ1) is 10.9. The molecule has 16 heavy (non-hydrogen) atoms. The number of benzene rings is 1. The van der Waals surface area contributed by atoms with Gasteiger partial charge in [-0.15, -0.1) is 0 Å². The molecular weight excluding hydrogens is 224 g/mol. The molecule has 0 saturated carbocycles. The quantitative estimate of drug-likeness (QED) is 0.808. The highest BCUT2D eigenvalue weighted by Gasteiger charge is 2.14. The topological polar surface area (TPSA) is 52.0 Å². The average molecular weight is 236 g/mol. The highest BCUT2D eigenvalue weighted by atomic mass is 32.2. The molecule has 0 radical (unpaired) electrons. The SMILES string of the molecule is CS(=O)(=O)c1nccn1Cc1ccccc1. The number of nitrogens with zero attached hydrogens (tertiary/aromatic N) is 2. The van der Waals surface area contributed by atoms with Gasteiger partial charge in [0, 0.05) is 25.2 Å². The average Bonchev–Trinajstić information content (AvgIpc) is 2.67. The summed E-state index contributed by atoms with van der Waals surface area (Å²) in [4.78, 5) is 3.86. The van der Waals surface area contributed by atoms with Crippen LogP contribution in [0.3, 0.4) is 0 Å². The predicted molar refractivity (Wildman–Crippen MR) is 60.9 cm³/mol. The van der Waals surface area contributed by atoms with Crippen molar-refractivity contribution in [1.82, 2.24) is 9.55 Å². The zero-order valence-electron chi connectivity index (χ0n) is 8.87. The molecule has 5 heteroatoms. The molecule has 0 bridgehead atoms. The molecule has 0 N–H and O–H groups in total. The van der Waals surface area contributed by atoms with Gasteiger partial charge < -0.3 is 4.57 Å². The largest absolute Gasteiger partial charge is 0.318 e. The van der Waals surface area contributed by atoms with E-state index in [0.29, 0.717) is 6.54 Å². The summed E-state index contributed by atoms with van der Waals surface area (Å²) in [5, 5.41) is 0.108. The van der Waals surface area contributed by atoms with Crippen molar-refractivity contribution in [3.05, 3.63) is 48.3 Å².